The van der Waals surface area contributed by atoms with Crippen LogP contribution in [0.3, 0.4) is 0 Å². The first-order chi connectivity index (χ1) is 16.9. The number of aliphatic hydroxyl groups excluding tert-OH is 1. The summed E-state index contributed by atoms with van der Waals surface area (Å²) in [6.45, 7) is -0.628. The first kappa shape index (κ1) is 27.9. The van der Waals surface area contributed by atoms with Gasteiger partial charge in [0, 0.05) is 18.3 Å². The zero-order chi connectivity index (χ0) is 26.3. The molecule has 11 heteroatoms. The Hall–Kier alpha value is -2.69. The van der Waals surface area contributed by atoms with Crippen molar-refractivity contribution in [2.24, 2.45) is 5.92 Å². The van der Waals surface area contributed by atoms with Crippen LogP contribution in [-0.2, 0) is 6.54 Å². The molecule has 0 radical (unpaired) electrons. The van der Waals surface area contributed by atoms with Gasteiger partial charge in [0.1, 0.15) is 11.5 Å². The molecule has 1 aliphatic carbocycles. The zero-order valence-electron chi connectivity index (χ0n) is 19.4. The third kappa shape index (κ3) is 8.18. The number of hydrogen-bond donors (Lipinski definition) is 1. The second kappa shape index (κ2) is 12.0. The molecular formula is C25H28F7NO3. The van der Waals surface area contributed by atoms with E-state index in [0.29, 0.717) is 24.0 Å². The van der Waals surface area contributed by atoms with E-state index in [-0.39, 0.29) is 12.1 Å². The second-order valence-corrected chi connectivity index (χ2v) is 8.86. The Kier molecular flexibility index (Phi) is 9.32. The molecule has 0 heterocycles. The molecule has 1 fully saturated rings. The highest BCUT2D eigenvalue weighted by Crippen LogP contribution is 2.31. The van der Waals surface area contributed by atoms with Gasteiger partial charge in [-0.15, -0.1) is 0 Å². The quantitative estimate of drug-likeness (QED) is 0.329. The monoisotopic (exact) mass is 523 g/mol. The third-order valence-corrected chi connectivity index (χ3v) is 5.94. The summed E-state index contributed by atoms with van der Waals surface area (Å²) in [5.41, 5.74) is 0.504. The molecule has 1 N–H and O–H groups in total. The smallest absolute Gasteiger partial charge is 0.461 e. The van der Waals surface area contributed by atoms with Crippen LogP contribution < -0.4 is 14.4 Å². The molecule has 0 aliphatic heterocycles. The van der Waals surface area contributed by atoms with Crippen molar-refractivity contribution in [1.82, 2.24) is 0 Å². The van der Waals surface area contributed by atoms with E-state index < -0.39 is 37.1 Å². The number of rotatable bonds is 11. The maximum absolute atomic E-state index is 13.3. The van der Waals surface area contributed by atoms with E-state index in [0.717, 1.165) is 37.8 Å². The van der Waals surface area contributed by atoms with Crippen LogP contribution in [0.25, 0.3) is 0 Å². The molecule has 0 saturated heterocycles. The number of hydrogen-bond acceptors (Lipinski definition) is 4. The van der Waals surface area contributed by atoms with Crippen molar-refractivity contribution in [3.05, 3.63) is 54.1 Å². The minimum Gasteiger partial charge on any atom is -0.493 e. The molecule has 0 unspecified atom stereocenters. The molecule has 2 aromatic rings. The Bertz CT molecular complexity index is 965. The average Bonchev–Trinajstić information content (AvgIpc) is 2.82. The molecule has 0 aromatic heterocycles. The minimum atomic E-state index is -4.89. The van der Waals surface area contributed by atoms with Gasteiger partial charge >= 0.3 is 18.7 Å². The van der Waals surface area contributed by atoms with Gasteiger partial charge in [0.15, 0.2) is 6.10 Å². The van der Waals surface area contributed by atoms with Crippen molar-refractivity contribution in [3.8, 4) is 11.5 Å². The van der Waals surface area contributed by atoms with Crippen LogP contribution in [0.5, 0.6) is 11.5 Å². The third-order valence-electron chi connectivity index (χ3n) is 5.94. The Balaban J connectivity index is 1.79. The van der Waals surface area contributed by atoms with Gasteiger partial charge in [0.25, 0.3) is 0 Å². The van der Waals surface area contributed by atoms with Crippen LogP contribution in [0.1, 0.15) is 37.7 Å². The van der Waals surface area contributed by atoms with Crippen LogP contribution in [-0.4, -0.2) is 43.1 Å². The second-order valence-electron chi connectivity index (χ2n) is 8.86. The predicted octanol–water partition coefficient (Wildman–Crippen LogP) is 6.81. The maximum atomic E-state index is 13.3. The van der Waals surface area contributed by atoms with Crippen molar-refractivity contribution in [3.63, 3.8) is 0 Å². The van der Waals surface area contributed by atoms with Gasteiger partial charge in [-0.2, -0.15) is 30.7 Å². The summed E-state index contributed by atoms with van der Waals surface area (Å²) < 4.78 is 101. The summed E-state index contributed by atoms with van der Waals surface area (Å²) in [6.07, 6.45) is -10.8. The van der Waals surface area contributed by atoms with E-state index in [9.17, 15) is 35.8 Å². The largest absolute Gasteiger partial charge is 0.493 e. The number of benzene rings is 2. The molecular weight excluding hydrogens is 495 g/mol. The molecule has 1 saturated carbocycles. The summed E-state index contributed by atoms with van der Waals surface area (Å²) >= 11 is 0. The summed E-state index contributed by atoms with van der Waals surface area (Å²) in [5, 5.41) is 9.70. The lowest BCUT2D eigenvalue weighted by molar-refractivity contribution is -0.253. The van der Waals surface area contributed by atoms with E-state index in [1.165, 1.54) is 35.6 Å². The van der Waals surface area contributed by atoms with Gasteiger partial charge in [-0.1, -0.05) is 37.5 Å². The highest BCUT2D eigenvalue weighted by Gasteiger charge is 2.44. The van der Waals surface area contributed by atoms with Crippen molar-refractivity contribution < 1.29 is 45.3 Å². The molecule has 4 nitrogen and oxygen atoms in total. The van der Waals surface area contributed by atoms with Crippen molar-refractivity contribution in [2.75, 3.05) is 18.1 Å². The van der Waals surface area contributed by atoms with Gasteiger partial charge in [0.05, 0.1) is 13.2 Å². The molecule has 2 aromatic carbocycles. The van der Waals surface area contributed by atoms with Crippen LogP contribution in [0.4, 0.5) is 36.4 Å². The molecule has 1 aliphatic rings. The fourth-order valence-corrected chi connectivity index (χ4v) is 4.04. The maximum Gasteiger partial charge on any atom is 0.461 e. The van der Waals surface area contributed by atoms with Crippen LogP contribution in [0.2, 0.25) is 0 Å². The van der Waals surface area contributed by atoms with E-state index in [1.807, 2.05) is 0 Å². The number of anilines is 1. The predicted molar refractivity (Wildman–Crippen MR) is 120 cm³/mol. The molecule has 1 atom stereocenters. The molecule has 0 spiro atoms. The lowest BCUT2D eigenvalue weighted by Crippen LogP contribution is -2.41. The first-order valence-corrected chi connectivity index (χ1v) is 11.6. The summed E-state index contributed by atoms with van der Waals surface area (Å²) in [7, 11) is 0. The Morgan fingerprint density at radius 3 is 2.25 bits per heavy atom. The minimum absolute atomic E-state index is 0.209. The molecule has 0 bridgehead atoms. The van der Waals surface area contributed by atoms with E-state index in [4.69, 9.17) is 4.74 Å². The van der Waals surface area contributed by atoms with Gasteiger partial charge in [-0.05, 0) is 48.6 Å². The fourth-order valence-electron chi connectivity index (χ4n) is 4.04. The van der Waals surface area contributed by atoms with E-state index in [2.05, 4.69) is 4.74 Å². The van der Waals surface area contributed by atoms with Gasteiger partial charge in [0.2, 0.25) is 0 Å². The van der Waals surface area contributed by atoms with E-state index >= 15 is 0 Å². The lowest BCUT2D eigenvalue weighted by atomic mass is 9.90. The molecule has 3 rings (SSSR count). The SMILES string of the molecule is O[C@H](CN(Cc1cccc(OC(F)(F)C(F)F)c1)c1cccc(OCC2CCCCC2)c1)C(F)(F)F. The first-order valence-electron chi connectivity index (χ1n) is 11.6. The van der Waals surface area contributed by atoms with Crippen molar-refractivity contribution in [2.45, 2.75) is 63.5 Å². The topological polar surface area (TPSA) is 41.9 Å². The zero-order valence-corrected chi connectivity index (χ0v) is 19.4. The van der Waals surface area contributed by atoms with Gasteiger partial charge in [-0.3, -0.25) is 0 Å². The highest BCUT2D eigenvalue weighted by atomic mass is 19.4. The number of aliphatic hydroxyl groups is 1. The molecule has 0 amide bonds. The number of alkyl halides is 7. The average molecular weight is 523 g/mol. The van der Waals surface area contributed by atoms with Gasteiger partial charge < -0.3 is 19.5 Å². The highest BCUT2D eigenvalue weighted by molar-refractivity contribution is 5.51. The molecule has 200 valence electrons. The normalized spacial score (nSPS) is 16.1. The number of ether oxygens (including phenoxy) is 2. The summed E-state index contributed by atoms with van der Waals surface area (Å²) in [5.74, 6) is 0.275. The summed E-state index contributed by atoms with van der Waals surface area (Å²) in [6, 6.07) is 11.1. The van der Waals surface area contributed by atoms with Gasteiger partial charge in [-0.25, -0.2) is 0 Å². The standard InChI is InChI=1S/C25H28F7NO3/c26-23(27)25(31,32)36-21-11-4-8-18(12-21)14-33(15-22(34)24(28,29)30)19-9-5-10-20(13-19)35-16-17-6-2-1-3-7-17/h4-5,8-13,17,22-23,34H,1-3,6-7,14-16H2/t22-/m1/s1. The van der Waals surface area contributed by atoms with Crippen LogP contribution >= 0.6 is 0 Å². The Morgan fingerprint density at radius 1 is 0.917 bits per heavy atom. The fraction of sp³-hybridized carbons (Fsp3) is 0.520. The number of nitrogens with zero attached hydrogens (tertiary/aromatic N) is 1. The van der Waals surface area contributed by atoms with Crippen LogP contribution in [0, 0.1) is 5.92 Å². The van der Waals surface area contributed by atoms with Crippen molar-refractivity contribution in [1.29, 1.82) is 0 Å². The van der Waals surface area contributed by atoms with Crippen LogP contribution in [0.15, 0.2) is 48.5 Å². The molecule has 36 heavy (non-hydrogen) atoms. The van der Waals surface area contributed by atoms with E-state index in [1.54, 1.807) is 12.1 Å². The summed E-state index contributed by atoms with van der Waals surface area (Å²) in [4.78, 5) is 1.20. The Labute approximate surface area is 204 Å². The Morgan fingerprint density at radius 2 is 1.58 bits per heavy atom. The number of halogens is 7. The lowest BCUT2D eigenvalue weighted by Gasteiger charge is -2.29. The van der Waals surface area contributed by atoms with Crippen molar-refractivity contribution >= 4 is 5.69 Å².